The standard InChI is InChI=1S/C11H17ClFNO3/c1-8(13)5-16-11(12)6-14(7-11)9(15)17-10(2,3)4/h1,5-7H2,2-4H3. The van der Waals surface area contributed by atoms with Gasteiger partial charge < -0.3 is 9.47 Å². The van der Waals surface area contributed by atoms with E-state index in [4.69, 9.17) is 21.1 Å². The lowest BCUT2D eigenvalue weighted by atomic mass is 10.1. The van der Waals surface area contributed by atoms with Gasteiger partial charge in [-0.05, 0) is 20.8 Å². The molecule has 0 aromatic carbocycles. The molecule has 0 aromatic heterocycles. The van der Waals surface area contributed by atoms with Gasteiger partial charge in [0.15, 0.2) is 5.06 Å². The number of hydrogen-bond donors (Lipinski definition) is 0. The number of halogens is 2. The lowest BCUT2D eigenvalue weighted by Crippen LogP contribution is -2.62. The van der Waals surface area contributed by atoms with Crippen molar-refractivity contribution in [1.29, 1.82) is 0 Å². The minimum absolute atomic E-state index is 0.177. The molecule has 1 saturated heterocycles. The molecule has 1 amide bonds. The molecule has 0 aromatic rings. The van der Waals surface area contributed by atoms with Crippen LogP contribution in [-0.4, -0.2) is 41.4 Å². The van der Waals surface area contributed by atoms with Gasteiger partial charge in [0, 0.05) is 0 Å². The normalized spacial score (nSPS) is 18.5. The molecule has 1 heterocycles. The maximum atomic E-state index is 12.4. The third kappa shape index (κ3) is 4.52. The zero-order chi connectivity index (χ0) is 13.3. The predicted octanol–water partition coefficient (Wildman–Crippen LogP) is 2.67. The van der Waals surface area contributed by atoms with Gasteiger partial charge in [-0.2, -0.15) is 0 Å². The van der Waals surface area contributed by atoms with Gasteiger partial charge in [-0.15, -0.1) is 0 Å². The highest BCUT2D eigenvalue weighted by Crippen LogP contribution is 2.31. The van der Waals surface area contributed by atoms with Gasteiger partial charge in [0.25, 0.3) is 0 Å². The zero-order valence-electron chi connectivity index (χ0n) is 10.3. The molecule has 0 bridgehead atoms. The molecular weight excluding hydrogens is 249 g/mol. The van der Waals surface area contributed by atoms with Crippen molar-refractivity contribution in [3.8, 4) is 0 Å². The summed E-state index contributed by atoms with van der Waals surface area (Å²) in [7, 11) is 0. The Morgan fingerprint density at radius 3 is 2.47 bits per heavy atom. The first kappa shape index (κ1) is 14.3. The minimum Gasteiger partial charge on any atom is -0.444 e. The highest BCUT2D eigenvalue weighted by Gasteiger charge is 2.46. The van der Waals surface area contributed by atoms with Crippen LogP contribution < -0.4 is 0 Å². The van der Waals surface area contributed by atoms with Crippen molar-refractivity contribution in [2.45, 2.75) is 31.4 Å². The SMILES string of the molecule is C=C(F)COC1(Cl)CN(C(=O)OC(C)(C)C)C1. The summed E-state index contributed by atoms with van der Waals surface area (Å²) in [5, 5.41) is -1.02. The molecule has 17 heavy (non-hydrogen) atoms. The zero-order valence-corrected chi connectivity index (χ0v) is 11.0. The van der Waals surface area contributed by atoms with Crippen molar-refractivity contribution in [2.24, 2.45) is 0 Å². The summed E-state index contributed by atoms with van der Waals surface area (Å²) < 4.78 is 22.6. The van der Waals surface area contributed by atoms with Crippen molar-refractivity contribution in [3.63, 3.8) is 0 Å². The fourth-order valence-corrected chi connectivity index (χ4v) is 1.62. The van der Waals surface area contributed by atoms with E-state index in [1.54, 1.807) is 20.8 Å². The van der Waals surface area contributed by atoms with E-state index in [0.29, 0.717) is 0 Å². The number of amides is 1. The van der Waals surface area contributed by atoms with E-state index in [2.05, 4.69) is 6.58 Å². The number of nitrogens with zero attached hydrogens (tertiary/aromatic N) is 1. The van der Waals surface area contributed by atoms with Gasteiger partial charge in [-0.25, -0.2) is 9.18 Å². The molecule has 0 saturated carbocycles. The van der Waals surface area contributed by atoms with E-state index < -0.39 is 22.6 Å². The predicted molar refractivity (Wildman–Crippen MR) is 62.6 cm³/mol. The summed E-state index contributed by atoms with van der Waals surface area (Å²) in [4.78, 5) is 13.0. The number of alkyl halides is 1. The Labute approximate surface area is 105 Å². The summed E-state index contributed by atoms with van der Waals surface area (Å²) >= 11 is 5.98. The van der Waals surface area contributed by atoms with E-state index in [1.807, 2.05) is 0 Å². The maximum absolute atomic E-state index is 12.4. The monoisotopic (exact) mass is 265 g/mol. The van der Waals surface area contributed by atoms with Crippen LogP contribution in [0.2, 0.25) is 0 Å². The third-order valence-corrected chi connectivity index (χ3v) is 2.34. The number of rotatable bonds is 3. The Balaban J connectivity index is 2.35. The number of carbonyl (C=O) groups excluding carboxylic acids is 1. The summed E-state index contributed by atoms with van der Waals surface area (Å²) in [6.45, 7) is 8.50. The molecule has 1 aliphatic rings. The van der Waals surface area contributed by atoms with E-state index in [9.17, 15) is 9.18 Å². The van der Waals surface area contributed by atoms with Gasteiger partial charge in [-0.3, -0.25) is 4.90 Å². The third-order valence-electron chi connectivity index (χ3n) is 1.99. The summed E-state index contributed by atoms with van der Waals surface area (Å²) in [6.07, 6.45) is -0.448. The Morgan fingerprint density at radius 1 is 1.53 bits per heavy atom. The van der Waals surface area contributed by atoms with Crippen LogP contribution in [0.1, 0.15) is 20.8 Å². The van der Waals surface area contributed by atoms with E-state index in [0.717, 1.165) is 0 Å². The van der Waals surface area contributed by atoms with Crippen LogP contribution in [0, 0.1) is 0 Å². The second kappa shape index (κ2) is 4.82. The fourth-order valence-electron chi connectivity index (χ4n) is 1.28. The summed E-state index contributed by atoms with van der Waals surface area (Å²) in [5.41, 5.74) is -0.546. The van der Waals surface area contributed by atoms with Crippen LogP contribution in [0.3, 0.4) is 0 Å². The van der Waals surface area contributed by atoms with E-state index >= 15 is 0 Å². The highest BCUT2D eigenvalue weighted by molar-refractivity contribution is 6.24. The van der Waals surface area contributed by atoms with E-state index in [1.165, 1.54) is 4.90 Å². The number of carbonyl (C=O) groups is 1. The molecule has 1 rings (SSSR count). The number of likely N-dealkylation sites (tertiary alicyclic amines) is 1. The second-order valence-electron chi connectivity index (χ2n) is 5.03. The molecule has 1 fully saturated rings. The molecular formula is C11H17ClFNO3. The van der Waals surface area contributed by atoms with Crippen molar-refractivity contribution in [1.82, 2.24) is 4.90 Å². The first-order chi connectivity index (χ1) is 7.61. The molecule has 1 aliphatic heterocycles. The molecule has 6 heteroatoms. The van der Waals surface area contributed by atoms with Gasteiger partial charge in [-0.1, -0.05) is 18.2 Å². The van der Waals surface area contributed by atoms with Crippen molar-refractivity contribution in [2.75, 3.05) is 19.7 Å². The second-order valence-corrected chi connectivity index (χ2v) is 5.71. The van der Waals surface area contributed by atoms with Gasteiger partial charge in [0.2, 0.25) is 0 Å². The van der Waals surface area contributed by atoms with Crippen LogP contribution in [0.25, 0.3) is 0 Å². The molecule has 0 atom stereocenters. The van der Waals surface area contributed by atoms with E-state index in [-0.39, 0.29) is 19.7 Å². The first-order valence-corrected chi connectivity index (χ1v) is 5.63. The van der Waals surface area contributed by atoms with Crippen LogP contribution in [0.4, 0.5) is 9.18 Å². The molecule has 0 unspecified atom stereocenters. The Kier molecular flexibility index (Phi) is 4.04. The molecule has 4 nitrogen and oxygen atoms in total. The van der Waals surface area contributed by atoms with Crippen LogP contribution in [0.5, 0.6) is 0 Å². The molecule has 0 N–H and O–H groups in total. The number of ether oxygens (including phenoxy) is 2. The summed E-state index contributed by atoms with van der Waals surface area (Å²) in [6, 6.07) is 0. The van der Waals surface area contributed by atoms with Gasteiger partial charge in [0.1, 0.15) is 18.0 Å². The molecule has 0 spiro atoms. The van der Waals surface area contributed by atoms with Crippen molar-refractivity contribution >= 4 is 17.7 Å². The Morgan fingerprint density at radius 2 is 2.06 bits per heavy atom. The average molecular weight is 266 g/mol. The molecule has 0 aliphatic carbocycles. The topological polar surface area (TPSA) is 38.8 Å². The van der Waals surface area contributed by atoms with Crippen LogP contribution >= 0.6 is 11.6 Å². The van der Waals surface area contributed by atoms with Crippen LogP contribution in [0.15, 0.2) is 12.4 Å². The Bertz CT molecular complexity index is 321. The van der Waals surface area contributed by atoms with Crippen molar-refractivity contribution < 1.29 is 18.7 Å². The first-order valence-electron chi connectivity index (χ1n) is 5.25. The average Bonchev–Trinajstić information content (AvgIpc) is 2.07. The fraction of sp³-hybridized carbons (Fsp3) is 0.727. The highest BCUT2D eigenvalue weighted by atomic mass is 35.5. The Hall–Kier alpha value is -0.810. The number of hydrogen-bond acceptors (Lipinski definition) is 3. The summed E-state index contributed by atoms with van der Waals surface area (Å²) in [5.74, 6) is -0.597. The molecule has 98 valence electrons. The largest absolute Gasteiger partial charge is 0.444 e. The smallest absolute Gasteiger partial charge is 0.410 e. The maximum Gasteiger partial charge on any atom is 0.410 e. The quantitative estimate of drug-likeness (QED) is 0.737. The molecule has 0 radical (unpaired) electrons. The lowest BCUT2D eigenvalue weighted by Gasteiger charge is -2.45. The van der Waals surface area contributed by atoms with Crippen molar-refractivity contribution in [3.05, 3.63) is 12.4 Å². The van der Waals surface area contributed by atoms with Gasteiger partial charge in [0.05, 0.1) is 13.1 Å². The minimum atomic E-state index is -1.02. The van der Waals surface area contributed by atoms with Gasteiger partial charge >= 0.3 is 6.09 Å². The van der Waals surface area contributed by atoms with Crippen LogP contribution in [-0.2, 0) is 9.47 Å². The lowest BCUT2D eigenvalue weighted by molar-refractivity contribution is -0.0848.